The summed E-state index contributed by atoms with van der Waals surface area (Å²) in [6.45, 7) is 4.23. The monoisotopic (exact) mass is 238 g/mol. The van der Waals surface area contributed by atoms with Crippen molar-refractivity contribution in [1.82, 2.24) is 10.2 Å². The van der Waals surface area contributed by atoms with Crippen molar-refractivity contribution in [3.8, 4) is 0 Å². The number of piperidine rings is 1. The van der Waals surface area contributed by atoms with Gasteiger partial charge in [0.2, 0.25) is 0 Å². The van der Waals surface area contributed by atoms with Gasteiger partial charge < -0.3 is 15.0 Å². The van der Waals surface area contributed by atoms with Crippen LogP contribution < -0.4 is 5.32 Å². The summed E-state index contributed by atoms with van der Waals surface area (Å²) in [5, 5.41) is 3.72. The van der Waals surface area contributed by atoms with E-state index < -0.39 is 0 Å². The third-order valence-corrected chi connectivity index (χ3v) is 5.24. The molecule has 0 aromatic heterocycles. The van der Waals surface area contributed by atoms with Crippen LogP contribution in [0.1, 0.15) is 45.4 Å². The predicted octanol–water partition coefficient (Wildman–Crippen LogP) is 1.77. The molecule has 0 saturated carbocycles. The summed E-state index contributed by atoms with van der Waals surface area (Å²) in [6, 6.07) is 2.14. The Labute approximate surface area is 105 Å². The summed E-state index contributed by atoms with van der Waals surface area (Å²) in [6.07, 6.45) is 7.78. The van der Waals surface area contributed by atoms with Gasteiger partial charge in [-0.15, -0.1) is 0 Å². The Hall–Kier alpha value is -0.120. The minimum absolute atomic E-state index is 0.159. The fraction of sp³-hybridized carbons (Fsp3) is 1.00. The summed E-state index contributed by atoms with van der Waals surface area (Å²) in [4.78, 5) is 2.60. The molecular formula is C14H26N2O. The van der Waals surface area contributed by atoms with E-state index in [4.69, 9.17) is 4.74 Å². The molecule has 3 saturated heterocycles. The maximum atomic E-state index is 6.31. The molecule has 3 atom stereocenters. The Kier molecular flexibility index (Phi) is 3.18. The molecule has 3 aliphatic heterocycles. The minimum Gasteiger partial charge on any atom is -0.372 e. The molecule has 0 aromatic rings. The third-order valence-electron chi connectivity index (χ3n) is 5.24. The second-order valence-corrected chi connectivity index (χ2v) is 6.17. The molecule has 0 radical (unpaired) electrons. The van der Waals surface area contributed by atoms with Crippen molar-refractivity contribution in [2.24, 2.45) is 0 Å². The largest absolute Gasteiger partial charge is 0.372 e. The molecule has 3 nitrogen and oxygen atoms in total. The highest BCUT2D eigenvalue weighted by Crippen LogP contribution is 2.44. The number of nitrogens with zero attached hydrogens (tertiary/aromatic N) is 1. The fourth-order valence-corrected chi connectivity index (χ4v) is 4.29. The first kappa shape index (κ1) is 11.9. The Morgan fingerprint density at radius 1 is 1.29 bits per heavy atom. The molecule has 17 heavy (non-hydrogen) atoms. The van der Waals surface area contributed by atoms with Crippen molar-refractivity contribution in [2.45, 2.75) is 69.2 Å². The lowest BCUT2D eigenvalue weighted by atomic mass is 9.77. The molecule has 2 bridgehead atoms. The number of fused-ring (bicyclic) bond motifs is 2. The number of hydrogen-bond donors (Lipinski definition) is 1. The Bertz CT molecular complexity index is 265. The van der Waals surface area contributed by atoms with E-state index >= 15 is 0 Å². The highest BCUT2D eigenvalue weighted by molar-refractivity contribution is 5.07. The molecule has 3 fully saturated rings. The molecule has 3 aliphatic rings. The summed E-state index contributed by atoms with van der Waals surface area (Å²) in [5.74, 6) is 0. The summed E-state index contributed by atoms with van der Waals surface area (Å²) in [5.41, 5.74) is 0.159. The lowest BCUT2D eigenvalue weighted by Crippen LogP contribution is -2.63. The number of rotatable bonds is 2. The molecule has 1 spiro atoms. The maximum absolute atomic E-state index is 6.31. The zero-order chi connectivity index (χ0) is 11.9. The van der Waals surface area contributed by atoms with Crippen molar-refractivity contribution < 1.29 is 4.74 Å². The minimum atomic E-state index is 0.159. The van der Waals surface area contributed by atoms with Crippen LogP contribution in [-0.2, 0) is 4.74 Å². The van der Waals surface area contributed by atoms with E-state index in [0.29, 0.717) is 6.04 Å². The molecule has 3 unspecified atom stereocenters. The van der Waals surface area contributed by atoms with E-state index in [0.717, 1.165) is 25.2 Å². The average molecular weight is 238 g/mol. The van der Waals surface area contributed by atoms with Gasteiger partial charge in [-0.1, -0.05) is 13.3 Å². The normalized spacial score (nSPS) is 46.6. The number of ether oxygens (including phenoxy) is 1. The van der Waals surface area contributed by atoms with Crippen LogP contribution in [0.2, 0.25) is 0 Å². The molecule has 3 heteroatoms. The van der Waals surface area contributed by atoms with Crippen molar-refractivity contribution in [3.05, 3.63) is 0 Å². The van der Waals surface area contributed by atoms with E-state index in [-0.39, 0.29) is 5.60 Å². The van der Waals surface area contributed by atoms with Gasteiger partial charge in [-0.25, -0.2) is 0 Å². The first-order valence-electron chi connectivity index (χ1n) is 7.34. The van der Waals surface area contributed by atoms with E-state index in [1.165, 1.54) is 38.5 Å². The van der Waals surface area contributed by atoms with Crippen LogP contribution in [0, 0.1) is 0 Å². The molecule has 98 valence electrons. The molecule has 1 N–H and O–H groups in total. The topological polar surface area (TPSA) is 24.5 Å². The van der Waals surface area contributed by atoms with Crippen molar-refractivity contribution in [3.63, 3.8) is 0 Å². The van der Waals surface area contributed by atoms with Crippen LogP contribution in [0.5, 0.6) is 0 Å². The number of hydrogen-bond acceptors (Lipinski definition) is 3. The Balaban J connectivity index is 1.79. The predicted molar refractivity (Wildman–Crippen MR) is 69.2 cm³/mol. The molecule has 3 rings (SSSR count). The SMILES string of the molecule is CCCC1NCCOC12CC1CCC(C2)N1C. The fourth-order valence-electron chi connectivity index (χ4n) is 4.29. The van der Waals surface area contributed by atoms with E-state index in [1.807, 2.05) is 0 Å². The second-order valence-electron chi connectivity index (χ2n) is 6.17. The highest BCUT2D eigenvalue weighted by atomic mass is 16.5. The van der Waals surface area contributed by atoms with Gasteiger partial charge in [-0.05, 0) is 39.2 Å². The van der Waals surface area contributed by atoms with E-state index in [1.54, 1.807) is 0 Å². The zero-order valence-electron chi connectivity index (χ0n) is 11.2. The van der Waals surface area contributed by atoms with Crippen LogP contribution in [0.15, 0.2) is 0 Å². The Morgan fingerprint density at radius 2 is 2.00 bits per heavy atom. The highest BCUT2D eigenvalue weighted by Gasteiger charge is 2.52. The van der Waals surface area contributed by atoms with Crippen molar-refractivity contribution in [2.75, 3.05) is 20.2 Å². The maximum Gasteiger partial charge on any atom is 0.0865 e. The molecule has 3 heterocycles. The number of morpholine rings is 1. The molecule has 0 aromatic carbocycles. The number of nitrogens with one attached hydrogen (secondary N) is 1. The zero-order valence-corrected chi connectivity index (χ0v) is 11.2. The smallest absolute Gasteiger partial charge is 0.0865 e. The first-order chi connectivity index (χ1) is 8.25. The van der Waals surface area contributed by atoms with Gasteiger partial charge in [0.15, 0.2) is 0 Å². The second kappa shape index (κ2) is 4.52. The van der Waals surface area contributed by atoms with Crippen molar-refractivity contribution in [1.29, 1.82) is 0 Å². The van der Waals surface area contributed by atoms with E-state index in [9.17, 15) is 0 Å². The quantitative estimate of drug-likeness (QED) is 0.793. The van der Waals surface area contributed by atoms with Gasteiger partial charge in [-0.2, -0.15) is 0 Å². The van der Waals surface area contributed by atoms with Crippen LogP contribution in [0.4, 0.5) is 0 Å². The van der Waals surface area contributed by atoms with Crippen LogP contribution in [0.25, 0.3) is 0 Å². The van der Waals surface area contributed by atoms with Crippen LogP contribution >= 0.6 is 0 Å². The molecule has 0 aliphatic carbocycles. The van der Waals surface area contributed by atoms with Gasteiger partial charge in [0.25, 0.3) is 0 Å². The molecular weight excluding hydrogens is 212 g/mol. The lowest BCUT2D eigenvalue weighted by molar-refractivity contribution is -0.141. The van der Waals surface area contributed by atoms with Crippen molar-refractivity contribution >= 4 is 0 Å². The standard InChI is InChI=1S/C14H26N2O/c1-3-4-13-14(17-8-7-15-13)9-11-5-6-12(10-14)16(11)2/h11-13,15H,3-10H2,1-2H3. The third kappa shape index (κ3) is 1.92. The van der Waals surface area contributed by atoms with Gasteiger partial charge in [-0.3, -0.25) is 0 Å². The van der Waals surface area contributed by atoms with Gasteiger partial charge >= 0.3 is 0 Å². The van der Waals surface area contributed by atoms with Crippen LogP contribution in [0.3, 0.4) is 0 Å². The first-order valence-corrected chi connectivity index (χ1v) is 7.34. The van der Waals surface area contributed by atoms with Gasteiger partial charge in [0, 0.05) is 24.7 Å². The summed E-state index contributed by atoms with van der Waals surface area (Å²) < 4.78 is 6.31. The van der Waals surface area contributed by atoms with E-state index in [2.05, 4.69) is 24.2 Å². The molecule has 0 amide bonds. The van der Waals surface area contributed by atoms with Gasteiger partial charge in [0.05, 0.1) is 12.2 Å². The summed E-state index contributed by atoms with van der Waals surface area (Å²) >= 11 is 0. The van der Waals surface area contributed by atoms with Gasteiger partial charge in [0.1, 0.15) is 0 Å². The Morgan fingerprint density at radius 3 is 2.65 bits per heavy atom. The summed E-state index contributed by atoms with van der Waals surface area (Å²) in [7, 11) is 2.31. The van der Waals surface area contributed by atoms with Crippen LogP contribution in [-0.4, -0.2) is 48.8 Å². The lowest BCUT2D eigenvalue weighted by Gasteiger charge is -2.51. The average Bonchev–Trinajstić information content (AvgIpc) is 2.57.